The number of hydrogen-bond acceptors (Lipinski definition) is 3. The number of hydrogen-bond donors (Lipinski definition) is 1. The molecule has 0 aliphatic heterocycles. The number of esters is 1. The van der Waals surface area contributed by atoms with Gasteiger partial charge in [0.2, 0.25) is 0 Å². The number of nitrogens with one attached hydrogen (secondary N) is 1. The van der Waals surface area contributed by atoms with E-state index in [1.165, 1.54) is 0 Å². The molecule has 23 heavy (non-hydrogen) atoms. The van der Waals surface area contributed by atoms with Crippen LogP contribution in [-0.2, 0) is 16.0 Å². The highest BCUT2D eigenvalue weighted by atomic mass is 19.1. The molecule has 2 rings (SSSR count). The molecule has 120 valence electrons. The highest BCUT2D eigenvalue weighted by Crippen LogP contribution is 2.11. The summed E-state index contributed by atoms with van der Waals surface area (Å²) in [5.74, 6) is -3.30. The van der Waals surface area contributed by atoms with Gasteiger partial charge >= 0.3 is 5.97 Å². The highest BCUT2D eigenvalue weighted by molar-refractivity contribution is 5.95. The summed E-state index contributed by atoms with van der Waals surface area (Å²) in [6.45, 7) is 1.47. The fourth-order valence-corrected chi connectivity index (χ4v) is 1.91. The van der Waals surface area contributed by atoms with Crippen molar-refractivity contribution < 1.29 is 23.1 Å². The molecule has 2 aromatic rings. The smallest absolute Gasteiger partial charge is 0.338 e. The minimum atomic E-state index is -0.972. The predicted octanol–water partition coefficient (Wildman–Crippen LogP) is 3.32. The third-order valence-electron chi connectivity index (χ3n) is 3.08. The molecule has 1 amide bonds. The lowest BCUT2D eigenvalue weighted by molar-refractivity contribution is -0.119. The van der Waals surface area contributed by atoms with Crippen LogP contribution in [0.4, 0.5) is 14.5 Å². The van der Waals surface area contributed by atoms with E-state index in [-0.39, 0.29) is 5.56 Å². The second kappa shape index (κ2) is 7.49. The number of carbonyl (C=O) groups excluding carboxylic acids is 2. The van der Waals surface area contributed by atoms with Gasteiger partial charge in [-0.05, 0) is 36.2 Å². The highest BCUT2D eigenvalue weighted by Gasteiger charge is 2.13. The largest absolute Gasteiger partial charge is 0.452 e. The molecule has 2 aromatic carbocycles. The Morgan fingerprint density at radius 2 is 1.65 bits per heavy atom. The monoisotopic (exact) mass is 319 g/mol. The van der Waals surface area contributed by atoms with Crippen LogP contribution in [0.3, 0.4) is 0 Å². The minimum absolute atomic E-state index is 0.289. The van der Waals surface area contributed by atoms with Crippen LogP contribution in [-0.4, -0.2) is 18.5 Å². The van der Waals surface area contributed by atoms with E-state index >= 15 is 0 Å². The van der Waals surface area contributed by atoms with Crippen molar-refractivity contribution in [3.63, 3.8) is 0 Å². The first-order valence-corrected chi connectivity index (χ1v) is 7.00. The van der Waals surface area contributed by atoms with Gasteiger partial charge in [-0.25, -0.2) is 13.6 Å². The molecule has 4 nitrogen and oxygen atoms in total. The van der Waals surface area contributed by atoms with Crippen LogP contribution in [0.1, 0.15) is 22.8 Å². The molecule has 0 saturated heterocycles. The maximum absolute atomic E-state index is 13.0. The number of amides is 1. The molecule has 0 heterocycles. The van der Waals surface area contributed by atoms with Crippen LogP contribution in [0.2, 0.25) is 0 Å². The number of ether oxygens (including phenoxy) is 1. The Hall–Kier alpha value is -2.76. The third-order valence-corrected chi connectivity index (χ3v) is 3.08. The zero-order valence-electron chi connectivity index (χ0n) is 12.4. The summed E-state index contributed by atoms with van der Waals surface area (Å²) in [5.41, 5.74) is 1.41. The van der Waals surface area contributed by atoms with Crippen LogP contribution in [0, 0.1) is 11.6 Å². The lowest BCUT2D eigenvalue weighted by Gasteiger charge is -2.07. The van der Waals surface area contributed by atoms with Crippen LogP contribution in [0.15, 0.2) is 42.5 Å². The van der Waals surface area contributed by atoms with Crippen LogP contribution in [0.5, 0.6) is 0 Å². The van der Waals surface area contributed by atoms with Crippen molar-refractivity contribution in [1.82, 2.24) is 0 Å². The fourth-order valence-electron chi connectivity index (χ4n) is 1.91. The SMILES string of the molecule is CCc1ccc(NC(=O)COC(=O)c2cc(F)cc(F)c2)cc1. The van der Waals surface area contributed by atoms with Gasteiger partial charge in [0.05, 0.1) is 5.56 Å². The third kappa shape index (κ3) is 4.88. The lowest BCUT2D eigenvalue weighted by atomic mass is 10.1. The molecule has 0 spiro atoms. The number of benzene rings is 2. The summed E-state index contributed by atoms with van der Waals surface area (Å²) in [6.07, 6.45) is 0.885. The number of carbonyl (C=O) groups is 2. The maximum atomic E-state index is 13.0. The zero-order valence-corrected chi connectivity index (χ0v) is 12.4. The van der Waals surface area contributed by atoms with E-state index in [0.29, 0.717) is 11.8 Å². The molecule has 0 aromatic heterocycles. The Kier molecular flexibility index (Phi) is 5.41. The summed E-state index contributed by atoms with van der Waals surface area (Å²) in [7, 11) is 0. The Labute approximate surface area is 132 Å². The molecular formula is C17H15F2NO3. The fraction of sp³-hybridized carbons (Fsp3) is 0.176. The Balaban J connectivity index is 1.89. The van der Waals surface area contributed by atoms with E-state index in [9.17, 15) is 18.4 Å². The topological polar surface area (TPSA) is 55.4 Å². The summed E-state index contributed by atoms with van der Waals surface area (Å²) in [4.78, 5) is 23.4. The van der Waals surface area contributed by atoms with Gasteiger partial charge in [-0.15, -0.1) is 0 Å². The average molecular weight is 319 g/mol. The second-order valence-electron chi connectivity index (χ2n) is 4.83. The first-order valence-electron chi connectivity index (χ1n) is 7.00. The molecule has 0 unspecified atom stereocenters. The van der Waals surface area contributed by atoms with E-state index in [4.69, 9.17) is 4.74 Å². The van der Waals surface area contributed by atoms with Gasteiger partial charge in [0.1, 0.15) is 11.6 Å². The van der Waals surface area contributed by atoms with Crippen molar-refractivity contribution >= 4 is 17.6 Å². The van der Waals surface area contributed by atoms with Gasteiger partial charge in [-0.2, -0.15) is 0 Å². The van der Waals surface area contributed by atoms with E-state index in [1.807, 2.05) is 19.1 Å². The Morgan fingerprint density at radius 3 is 2.22 bits per heavy atom. The van der Waals surface area contributed by atoms with Crippen LogP contribution < -0.4 is 5.32 Å². The number of anilines is 1. The molecule has 0 radical (unpaired) electrons. The van der Waals surface area contributed by atoms with Crippen molar-refractivity contribution in [3.8, 4) is 0 Å². The lowest BCUT2D eigenvalue weighted by Crippen LogP contribution is -2.21. The number of aryl methyl sites for hydroxylation is 1. The normalized spacial score (nSPS) is 10.2. The summed E-state index contributed by atoms with van der Waals surface area (Å²) < 4.78 is 30.8. The van der Waals surface area contributed by atoms with E-state index in [2.05, 4.69) is 5.32 Å². The zero-order chi connectivity index (χ0) is 16.8. The van der Waals surface area contributed by atoms with Crippen molar-refractivity contribution in [2.24, 2.45) is 0 Å². The number of halogens is 2. The maximum Gasteiger partial charge on any atom is 0.338 e. The van der Waals surface area contributed by atoms with Gasteiger partial charge in [-0.3, -0.25) is 4.79 Å². The quantitative estimate of drug-likeness (QED) is 0.860. The standard InChI is InChI=1S/C17H15F2NO3/c1-2-11-3-5-15(6-4-11)20-16(21)10-23-17(22)12-7-13(18)9-14(19)8-12/h3-9H,2,10H2,1H3,(H,20,21). The molecular weight excluding hydrogens is 304 g/mol. The van der Waals surface area contributed by atoms with E-state index in [0.717, 1.165) is 24.1 Å². The molecule has 0 atom stereocenters. The first-order chi connectivity index (χ1) is 11.0. The van der Waals surface area contributed by atoms with Gasteiger partial charge in [0, 0.05) is 11.8 Å². The van der Waals surface area contributed by atoms with E-state index < -0.39 is 30.1 Å². The van der Waals surface area contributed by atoms with Gasteiger partial charge < -0.3 is 10.1 Å². The number of rotatable bonds is 5. The predicted molar refractivity (Wildman–Crippen MR) is 81.1 cm³/mol. The first kappa shape index (κ1) is 16.6. The molecule has 0 fully saturated rings. The molecule has 0 bridgehead atoms. The van der Waals surface area contributed by atoms with Crippen LogP contribution in [0.25, 0.3) is 0 Å². The molecule has 6 heteroatoms. The van der Waals surface area contributed by atoms with Gasteiger partial charge in [-0.1, -0.05) is 19.1 Å². The Bertz CT molecular complexity index is 694. The summed E-state index contributed by atoms with van der Waals surface area (Å²) in [6, 6.07) is 9.54. The van der Waals surface area contributed by atoms with Crippen molar-refractivity contribution in [2.45, 2.75) is 13.3 Å². The molecule has 0 aliphatic carbocycles. The molecule has 0 saturated carbocycles. The van der Waals surface area contributed by atoms with Crippen molar-refractivity contribution in [1.29, 1.82) is 0 Å². The van der Waals surface area contributed by atoms with Crippen LogP contribution >= 0.6 is 0 Å². The molecule has 0 aliphatic rings. The summed E-state index contributed by atoms with van der Waals surface area (Å²) >= 11 is 0. The second-order valence-corrected chi connectivity index (χ2v) is 4.83. The van der Waals surface area contributed by atoms with Crippen molar-refractivity contribution in [3.05, 3.63) is 65.2 Å². The van der Waals surface area contributed by atoms with Crippen molar-refractivity contribution in [2.75, 3.05) is 11.9 Å². The molecule has 1 N–H and O–H groups in total. The Morgan fingerprint density at radius 1 is 1.04 bits per heavy atom. The van der Waals surface area contributed by atoms with Gasteiger partial charge in [0.25, 0.3) is 5.91 Å². The van der Waals surface area contributed by atoms with Gasteiger partial charge in [0.15, 0.2) is 6.61 Å². The minimum Gasteiger partial charge on any atom is -0.452 e. The average Bonchev–Trinajstić information content (AvgIpc) is 2.52. The summed E-state index contributed by atoms with van der Waals surface area (Å²) in [5, 5.41) is 2.56. The van der Waals surface area contributed by atoms with E-state index in [1.54, 1.807) is 12.1 Å².